The minimum Gasteiger partial charge on any atom is -0.467 e. The predicted octanol–water partition coefficient (Wildman–Crippen LogP) is 2.96. The van der Waals surface area contributed by atoms with Gasteiger partial charge in [-0.1, -0.05) is 12.1 Å². The molecule has 1 heterocycles. The molecule has 0 aliphatic rings. The summed E-state index contributed by atoms with van der Waals surface area (Å²) in [5.41, 5.74) is 2.96. The predicted molar refractivity (Wildman–Crippen MR) is 89.1 cm³/mol. The van der Waals surface area contributed by atoms with Crippen LogP contribution in [0.15, 0.2) is 41.0 Å². The van der Waals surface area contributed by atoms with Gasteiger partial charge in [0, 0.05) is 25.6 Å². The highest BCUT2D eigenvalue weighted by Gasteiger charge is 2.15. The van der Waals surface area contributed by atoms with Crippen LogP contribution in [-0.4, -0.2) is 18.4 Å². The Morgan fingerprint density at radius 3 is 2.65 bits per heavy atom. The molecule has 2 amide bonds. The number of nitrogens with one attached hydrogen (secondary N) is 1. The van der Waals surface area contributed by atoms with Gasteiger partial charge in [0.2, 0.25) is 11.8 Å². The van der Waals surface area contributed by atoms with Crippen molar-refractivity contribution in [2.75, 3.05) is 11.4 Å². The number of aryl methyl sites for hydroxylation is 2. The van der Waals surface area contributed by atoms with E-state index in [1.807, 2.05) is 32.0 Å². The molecule has 1 N–H and O–H groups in total. The number of nitrogens with zero attached hydrogens (tertiary/aromatic N) is 1. The lowest BCUT2D eigenvalue weighted by atomic mass is 10.1. The van der Waals surface area contributed by atoms with E-state index in [1.54, 1.807) is 23.3 Å². The standard InChI is InChI=1S/C18H22N2O3/c1-13-6-7-14(2)17(11-13)20(15(3)21)9-8-18(22)19-12-16-5-4-10-23-16/h4-7,10-11H,8-9,12H2,1-3H3,(H,19,22). The topological polar surface area (TPSA) is 62.6 Å². The number of rotatable bonds is 6. The Bertz CT molecular complexity index is 678. The molecule has 0 aliphatic carbocycles. The van der Waals surface area contributed by atoms with Gasteiger partial charge in [-0.15, -0.1) is 0 Å². The first-order chi connectivity index (χ1) is 11.0. The van der Waals surface area contributed by atoms with E-state index in [-0.39, 0.29) is 18.2 Å². The molecule has 1 aromatic heterocycles. The van der Waals surface area contributed by atoms with Crippen LogP contribution in [0.2, 0.25) is 0 Å². The molecule has 0 aliphatic heterocycles. The van der Waals surface area contributed by atoms with Crippen LogP contribution in [0.5, 0.6) is 0 Å². The van der Waals surface area contributed by atoms with E-state index < -0.39 is 0 Å². The maximum Gasteiger partial charge on any atom is 0.223 e. The molecule has 5 nitrogen and oxygen atoms in total. The highest BCUT2D eigenvalue weighted by molar-refractivity contribution is 5.93. The normalized spacial score (nSPS) is 10.4. The highest BCUT2D eigenvalue weighted by Crippen LogP contribution is 2.22. The molecule has 0 saturated heterocycles. The number of amides is 2. The van der Waals surface area contributed by atoms with E-state index in [2.05, 4.69) is 5.32 Å². The zero-order valence-corrected chi connectivity index (χ0v) is 13.8. The summed E-state index contributed by atoms with van der Waals surface area (Å²) in [7, 11) is 0. The van der Waals surface area contributed by atoms with E-state index in [0.717, 1.165) is 16.8 Å². The Morgan fingerprint density at radius 1 is 1.22 bits per heavy atom. The van der Waals surface area contributed by atoms with Gasteiger partial charge in [-0.05, 0) is 43.2 Å². The number of furan rings is 1. The van der Waals surface area contributed by atoms with Gasteiger partial charge in [0.05, 0.1) is 12.8 Å². The van der Waals surface area contributed by atoms with Gasteiger partial charge in [-0.25, -0.2) is 0 Å². The van der Waals surface area contributed by atoms with Crippen molar-refractivity contribution in [1.82, 2.24) is 5.32 Å². The molecule has 0 unspecified atom stereocenters. The molecule has 23 heavy (non-hydrogen) atoms. The number of carbonyl (C=O) groups is 2. The van der Waals surface area contributed by atoms with Crippen LogP contribution in [0.25, 0.3) is 0 Å². The summed E-state index contributed by atoms with van der Waals surface area (Å²) in [6, 6.07) is 9.54. The summed E-state index contributed by atoms with van der Waals surface area (Å²) in [6.07, 6.45) is 1.81. The van der Waals surface area contributed by atoms with E-state index >= 15 is 0 Å². The molecule has 1 aromatic carbocycles. The molecule has 0 radical (unpaired) electrons. The summed E-state index contributed by atoms with van der Waals surface area (Å²) in [6.45, 7) is 6.17. The number of anilines is 1. The molecular formula is C18H22N2O3. The highest BCUT2D eigenvalue weighted by atomic mass is 16.3. The third kappa shape index (κ3) is 4.71. The van der Waals surface area contributed by atoms with Crippen molar-refractivity contribution in [2.45, 2.75) is 33.7 Å². The first-order valence-corrected chi connectivity index (χ1v) is 7.62. The lowest BCUT2D eigenvalue weighted by molar-refractivity contribution is -0.121. The van der Waals surface area contributed by atoms with Gasteiger partial charge < -0.3 is 14.6 Å². The quantitative estimate of drug-likeness (QED) is 0.891. The van der Waals surface area contributed by atoms with Crippen molar-refractivity contribution in [2.24, 2.45) is 0 Å². The molecule has 0 atom stereocenters. The van der Waals surface area contributed by atoms with Crippen molar-refractivity contribution in [3.05, 3.63) is 53.5 Å². The molecule has 0 spiro atoms. The summed E-state index contributed by atoms with van der Waals surface area (Å²) >= 11 is 0. The van der Waals surface area contributed by atoms with Crippen LogP contribution in [0, 0.1) is 13.8 Å². The molecule has 5 heteroatoms. The lowest BCUT2D eigenvalue weighted by Gasteiger charge is -2.23. The number of hydrogen-bond donors (Lipinski definition) is 1. The van der Waals surface area contributed by atoms with Crippen LogP contribution >= 0.6 is 0 Å². The average Bonchev–Trinajstić information content (AvgIpc) is 3.02. The van der Waals surface area contributed by atoms with E-state index in [9.17, 15) is 9.59 Å². The maximum atomic E-state index is 12.0. The van der Waals surface area contributed by atoms with Gasteiger partial charge in [-0.3, -0.25) is 9.59 Å². The Morgan fingerprint density at radius 2 is 2.00 bits per heavy atom. The molecule has 0 saturated carbocycles. The fourth-order valence-electron chi connectivity index (χ4n) is 2.36. The maximum absolute atomic E-state index is 12.0. The van der Waals surface area contributed by atoms with E-state index in [1.165, 1.54) is 6.92 Å². The summed E-state index contributed by atoms with van der Waals surface area (Å²) in [5.74, 6) is 0.520. The molecular weight excluding hydrogens is 292 g/mol. The fraction of sp³-hybridized carbons (Fsp3) is 0.333. The third-order valence-corrected chi connectivity index (χ3v) is 3.64. The first-order valence-electron chi connectivity index (χ1n) is 7.62. The zero-order valence-electron chi connectivity index (χ0n) is 13.8. The second-order valence-electron chi connectivity index (χ2n) is 5.57. The van der Waals surface area contributed by atoms with Crippen LogP contribution < -0.4 is 10.2 Å². The smallest absolute Gasteiger partial charge is 0.223 e. The summed E-state index contributed by atoms with van der Waals surface area (Å²) in [4.78, 5) is 25.5. The van der Waals surface area contributed by atoms with Crippen LogP contribution in [0.3, 0.4) is 0 Å². The third-order valence-electron chi connectivity index (χ3n) is 3.64. The molecule has 2 aromatic rings. The second kappa shape index (κ2) is 7.63. The van der Waals surface area contributed by atoms with Gasteiger partial charge in [0.1, 0.15) is 5.76 Å². The van der Waals surface area contributed by atoms with Crippen molar-refractivity contribution in [3.8, 4) is 0 Å². The van der Waals surface area contributed by atoms with Crippen molar-refractivity contribution < 1.29 is 14.0 Å². The Hall–Kier alpha value is -2.56. The van der Waals surface area contributed by atoms with Crippen LogP contribution in [0.1, 0.15) is 30.2 Å². The lowest BCUT2D eigenvalue weighted by Crippen LogP contribution is -2.34. The Kier molecular flexibility index (Phi) is 5.57. The molecule has 2 rings (SSSR count). The first kappa shape index (κ1) is 16.8. The van der Waals surface area contributed by atoms with Crippen molar-refractivity contribution in [1.29, 1.82) is 0 Å². The minimum atomic E-state index is -0.113. The fourth-order valence-corrected chi connectivity index (χ4v) is 2.36. The van der Waals surface area contributed by atoms with Gasteiger partial charge in [-0.2, -0.15) is 0 Å². The number of benzene rings is 1. The van der Waals surface area contributed by atoms with Crippen molar-refractivity contribution in [3.63, 3.8) is 0 Å². The van der Waals surface area contributed by atoms with Gasteiger partial charge >= 0.3 is 0 Å². The summed E-state index contributed by atoms with van der Waals surface area (Å²) in [5, 5.41) is 2.79. The SMILES string of the molecule is CC(=O)N(CCC(=O)NCc1ccco1)c1cc(C)ccc1C. The van der Waals surface area contributed by atoms with E-state index in [4.69, 9.17) is 4.42 Å². The average molecular weight is 314 g/mol. The monoisotopic (exact) mass is 314 g/mol. The zero-order chi connectivity index (χ0) is 16.8. The second-order valence-corrected chi connectivity index (χ2v) is 5.57. The Balaban J connectivity index is 1.96. The largest absolute Gasteiger partial charge is 0.467 e. The Labute approximate surface area is 136 Å². The number of carbonyl (C=O) groups excluding carboxylic acids is 2. The van der Waals surface area contributed by atoms with E-state index in [0.29, 0.717) is 18.8 Å². The molecule has 0 fully saturated rings. The van der Waals surface area contributed by atoms with Crippen LogP contribution in [-0.2, 0) is 16.1 Å². The molecule has 122 valence electrons. The van der Waals surface area contributed by atoms with Crippen LogP contribution in [0.4, 0.5) is 5.69 Å². The van der Waals surface area contributed by atoms with Gasteiger partial charge in [0.25, 0.3) is 0 Å². The minimum absolute atomic E-state index is 0.0717. The van der Waals surface area contributed by atoms with Gasteiger partial charge in [0.15, 0.2) is 0 Å². The summed E-state index contributed by atoms with van der Waals surface area (Å²) < 4.78 is 5.17. The van der Waals surface area contributed by atoms with Crippen molar-refractivity contribution >= 4 is 17.5 Å². The molecule has 0 bridgehead atoms. The number of hydrogen-bond acceptors (Lipinski definition) is 3.